The number of hydrogen-bond acceptors (Lipinski definition) is 2. The van der Waals surface area contributed by atoms with Gasteiger partial charge in [0.1, 0.15) is 5.82 Å². The average molecular weight is 278 g/mol. The molecule has 0 aliphatic heterocycles. The molecule has 4 nitrogen and oxygen atoms in total. The van der Waals surface area contributed by atoms with Gasteiger partial charge in [-0.15, -0.1) is 0 Å². The number of rotatable bonds is 6. The van der Waals surface area contributed by atoms with E-state index in [2.05, 4.69) is 10.3 Å². The number of methoxy groups -OCH3 is 1. The van der Waals surface area contributed by atoms with Crippen LogP contribution in [0.25, 0.3) is 10.9 Å². The SMILES string of the molecule is COCCCNC(=O)Cc1c(C)[nH]c2ccc(F)cc12. The van der Waals surface area contributed by atoms with Crippen molar-refractivity contribution in [1.29, 1.82) is 0 Å². The Morgan fingerprint density at radius 3 is 3.00 bits per heavy atom. The van der Waals surface area contributed by atoms with Crippen molar-refractivity contribution in [1.82, 2.24) is 10.3 Å². The Labute approximate surface area is 117 Å². The fourth-order valence-electron chi connectivity index (χ4n) is 2.25. The Kier molecular flexibility index (Phi) is 4.74. The van der Waals surface area contributed by atoms with E-state index in [0.29, 0.717) is 13.2 Å². The molecule has 0 saturated carbocycles. The van der Waals surface area contributed by atoms with E-state index < -0.39 is 0 Å². The molecule has 0 spiro atoms. The van der Waals surface area contributed by atoms with Crippen LogP contribution in [0.4, 0.5) is 4.39 Å². The molecule has 0 radical (unpaired) electrons. The van der Waals surface area contributed by atoms with Gasteiger partial charge in [-0.3, -0.25) is 4.79 Å². The van der Waals surface area contributed by atoms with Crippen LogP contribution in [0.3, 0.4) is 0 Å². The quantitative estimate of drug-likeness (QED) is 0.797. The molecule has 2 rings (SSSR count). The lowest BCUT2D eigenvalue weighted by Gasteiger charge is -2.05. The van der Waals surface area contributed by atoms with Crippen LogP contribution >= 0.6 is 0 Å². The van der Waals surface area contributed by atoms with Crippen molar-refractivity contribution >= 4 is 16.8 Å². The van der Waals surface area contributed by atoms with Gasteiger partial charge in [-0.25, -0.2) is 4.39 Å². The number of carbonyl (C=O) groups excluding carboxylic acids is 1. The summed E-state index contributed by atoms with van der Waals surface area (Å²) in [6.45, 7) is 3.10. The van der Waals surface area contributed by atoms with Gasteiger partial charge in [0.15, 0.2) is 0 Å². The van der Waals surface area contributed by atoms with Gasteiger partial charge in [-0.1, -0.05) is 0 Å². The molecule has 2 N–H and O–H groups in total. The molecule has 5 heteroatoms. The van der Waals surface area contributed by atoms with E-state index in [1.165, 1.54) is 12.1 Å². The van der Waals surface area contributed by atoms with Gasteiger partial charge in [-0.05, 0) is 37.1 Å². The number of amides is 1. The number of nitrogens with one attached hydrogen (secondary N) is 2. The highest BCUT2D eigenvalue weighted by Crippen LogP contribution is 2.23. The lowest BCUT2D eigenvalue weighted by molar-refractivity contribution is -0.120. The fraction of sp³-hybridized carbons (Fsp3) is 0.400. The number of aromatic amines is 1. The topological polar surface area (TPSA) is 54.1 Å². The van der Waals surface area contributed by atoms with Crippen molar-refractivity contribution in [2.24, 2.45) is 0 Å². The fourth-order valence-corrected chi connectivity index (χ4v) is 2.25. The third-order valence-corrected chi connectivity index (χ3v) is 3.27. The summed E-state index contributed by atoms with van der Waals surface area (Å²) in [5, 5.41) is 3.61. The Hall–Kier alpha value is -1.88. The minimum Gasteiger partial charge on any atom is -0.385 e. The van der Waals surface area contributed by atoms with Gasteiger partial charge in [0, 0.05) is 36.9 Å². The minimum absolute atomic E-state index is 0.0608. The third-order valence-electron chi connectivity index (χ3n) is 3.27. The molecule has 2 aromatic rings. The second-order valence-corrected chi connectivity index (χ2v) is 4.79. The van der Waals surface area contributed by atoms with Crippen LogP contribution in [0, 0.1) is 12.7 Å². The highest BCUT2D eigenvalue weighted by Gasteiger charge is 2.12. The van der Waals surface area contributed by atoms with Crippen molar-refractivity contribution in [3.05, 3.63) is 35.3 Å². The number of ether oxygens (including phenoxy) is 1. The molecule has 0 unspecified atom stereocenters. The summed E-state index contributed by atoms with van der Waals surface area (Å²) >= 11 is 0. The maximum absolute atomic E-state index is 13.3. The Balaban J connectivity index is 2.07. The van der Waals surface area contributed by atoms with E-state index >= 15 is 0 Å². The first-order valence-electron chi connectivity index (χ1n) is 6.64. The van der Waals surface area contributed by atoms with Gasteiger partial charge in [0.2, 0.25) is 5.91 Å². The molecule has 0 aliphatic rings. The zero-order valence-corrected chi connectivity index (χ0v) is 11.8. The molecule has 108 valence electrons. The first-order valence-corrected chi connectivity index (χ1v) is 6.64. The van der Waals surface area contributed by atoms with Gasteiger partial charge >= 0.3 is 0 Å². The highest BCUT2D eigenvalue weighted by atomic mass is 19.1. The summed E-state index contributed by atoms with van der Waals surface area (Å²) < 4.78 is 18.2. The van der Waals surface area contributed by atoms with E-state index in [-0.39, 0.29) is 18.1 Å². The van der Waals surface area contributed by atoms with Gasteiger partial charge < -0.3 is 15.0 Å². The number of H-pyrrole nitrogens is 1. The molecule has 0 saturated heterocycles. The average Bonchev–Trinajstić information content (AvgIpc) is 2.71. The predicted octanol–water partition coefficient (Wildman–Crippen LogP) is 2.31. The van der Waals surface area contributed by atoms with Crippen LogP contribution in [-0.4, -0.2) is 31.2 Å². The van der Waals surface area contributed by atoms with Crippen molar-refractivity contribution < 1.29 is 13.9 Å². The number of hydrogen-bond donors (Lipinski definition) is 2. The van der Waals surface area contributed by atoms with Crippen molar-refractivity contribution in [2.75, 3.05) is 20.3 Å². The first kappa shape index (κ1) is 14.5. The van der Waals surface area contributed by atoms with E-state index in [9.17, 15) is 9.18 Å². The van der Waals surface area contributed by atoms with Gasteiger partial charge in [0.05, 0.1) is 6.42 Å². The molecule has 0 atom stereocenters. The number of aryl methyl sites for hydroxylation is 1. The van der Waals surface area contributed by atoms with Crippen LogP contribution in [-0.2, 0) is 16.0 Å². The molecule has 1 aromatic carbocycles. The van der Waals surface area contributed by atoms with E-state index in [1.54, 1.807) is 13.2 Å². The number of benzene rings is 1. The number of aromatic nitrogens is 1. The molecule has 0 aliphatic carbocycles. The van der Waals surface area contributed by atoms with E-state index in [0.717, 1.165) is 28.6 Å². The van der Waals surface area contributed by atoms with E-state index in [1.807, 2.05) is 6.92 Å². The minimum atomic E-state index is -0.293. The molecular weight excluding hydrogens is 259 g/mol. The van der Waals surface area contributed by atoms with Crippen LogP contribution in [0.1, 0.15) is 17.7 Å². The van der Waals surface area contributed by atoms with Crippen molar-refractivity contribution in [2.45, 2.75) is 19.8 Å². The molecule has 20 heavy (non-hydrogen) atoms. The summed E-state index contributed by atoms with van der Waals surface area (Å²) in [5.74, 6) is -0.354. The van der Waals surface area contributed by atoms with Crippen LogP contribution < -0.4 is 5.32 Å². The van der Waals surface area contributed by atoms with Crippen LogP contribution in [0.2, 0.25) is 0 Å². The summed E-state index contributed by atoms with van der Waals surface area (Å²) in [4.78, 5) is 15.1. The Morgan fingerprint density at radius 2 is 2.25 bits per heavy atom. The lowest BCUT2D eigenvalue weighted by atomic mass is 10.1. The second-order valence-electron chi connectivity index (χ2n) is 4.79. The summed E-state index contributed by atoms with van der Waals surface area (Å²) in [7, 11) is 1.63. The predicted molar refractivity (Wildman–Crippen MR) is 76.2 cm³/mol. The smallest absolute Gasteiger partial charge is 0.224 e. The maximum atomic E-state index is 13.3. The maximum Gasteiger partial charge on any atom is 0.224 e. The van der Waals surface area contributed by atoms with Gasteiger partial charge in [0.25, 0.3) is 0 Å². The standard InChI is InChI=1S/C15H19FN2O2/c1-10-12(9-15(19)17-6-3-7-20-2)13-8-11(16)4-5-14(13)18-10/h4-5,8,18H,3,6-7,9H2,1-2H3,(H,17,19). The largest absolute Gasteiger partial charge is 0.385 e. The van der Waals surface area contributed by atoms with Crippen molar-refractivity contribution in [3.8, 4) is 0 Å². The number of fused-ring (bicyclic) bond motifs is 1. The summed E-state index contributed by atoms with van der Waals surface area (Å²) in [6.07, 6.45) is 1.03. The zero-order chi connectivity index (χ0) is 14.5. The molecule has 1 heterocycles. The number of halogens is 1. The van der Waals surface area contributed by atoms with E-state index in [4.69, 9.17) is 4.74 Å². The van der Waals surface area contributed by atoms with Gasteiger partial charge in [-0.2, -0.15) is 0 Å². The highest BCUT2D eigenvalue weighted by molar-refractivity contribution is 5.90. The summed E-state index contributed by atoms with van der Waals surface area (Å²) in [6, 6.07) is 4.57. The Morgan fingerprint density at radius 1 is 1.45 bits per heavy atom. The molecule has 0 fully saturated rings. The third kappa shape index (κ3) is 3.36. The Bertz CT molecular complexity index is 607. The first-order chi connectivity index (χ1) is 9.61. The lowest BCUT2D eigenvalue weighted by Crippen LogP contribution is -2.26. The monoisotopic (exact) mass is 278 g/mol. The second kappa shape index (κ2) is 6.52. The van der Waals surface area contributed by atoms with Crippen LogP contribution in [0.5, 0.6) is 0 Å². The molecule has 1 aromatic heterocycles. The molecule has 0 bridgehead atoms. The normalized spacial score (nSPS) is 10.9. The zero-order valence-electron chi connectivity index (χ0n) is 11.8. The molecule has 1 amide bonds. The molecular formula is C15H19FN2O2. The number of carbonyl (C=O) groups is 1. The summed E-state index contributed by atoms with van der Waals surface area (Å²) in [5.41, 5.74) is 2.60. The van der Waals surface area contributed by atoms with Crippen molar-refractivity contribution in [3.63, 3.8) is 0 Å². The van der Waals surface area contributed by atoms with Crippen LogP contribution in [0.15, 0.2) is 18.2 Å².